The predicted molar refractivity (Wildman–Crippen MR) is 91.4 cm³/mol. The van der Waals surface area contributed by atoms with Crippen molar-refractivity contribution >= 4 is 5.91 Å². The van der Waals surface area contributed by atoms with E-state index >= 15 is 0 Å². The lowest BCUT2D eigenvalue weighted by molar-refractivity contribution is -0.122. The molecule has 0 unspecified atom stereocenters. The van der Waals surface area contributed by atoms with Crippen LogP contribution in [0.25, 0.3) is 0 Å². The molecule has 0 aliphatic carbocycles. The second kappa shape index (κ2) is 6.63. The fourth-order valence-corrected chi connectivity index (χ4v) is 3.11. The zero-order valence-electron chi connectivity index (χ0n) is 14.0. The van der Waals surface area contributed by atoms with E-state index in [0.29, 0.717) is 12.8 Å². The van der Waals surface area contributed by atoms with Gasteiger partial charge in [-0.05, 0) is 44.0 Å². The number of halogens is 1. The summed E-state index contributed by atoms with van der Waals surface area (Å²) in [7, 11) is 0. The van der Waals surface area contributed by atoms with Gasteiger partial charge >= 0.3 is 0 Å². The first-order valence-electron chi connectivity index (χ1n) is 8.25. The number of rotatable bonds is 4. The number of hydrogen-bond donors (Lipinski definition) is 1. The molecule has 0 fully saturated rings. The highest BCUT2D eigenvalue weighted by Gasteiger charge is 2.34. The smallest absolute Gasteiger partial charge is 0.220 e. The average Bonchev–Trinajstić information content (AvgIpc) is 2.53. The molecule has 126 valence electrons. The SMILES string of the molecule is CC1(C)C[C@@H](NC(=O)CCc2ccc(F)cc2)c2ccccc2O1. The van der Waals surface area contributed by atoms with E-state index in [1.54, 1.807) is 12.1 Å². The Labute approximate surface area is 141 Å². The van der Waals surface area contributed by atoms with Crippen molar-refractivity contribution in [3.05, 3.63) is 65.5 Å². The van der Waals surface area contributed by atoms with E-state index in [1.165, 1.54) is 12.1 Å². The van der Waals surface area contributed by atoms with Gasteiger partial charge in [0.2, 0.25) is 5.91 Å². The van der Waals surface area contributed by atoms with Crippen LogP contribution in [0.2, 0.25) is 0 Å². The molecule has 0 bridgehead atoms. The van der Waals surface area contributed by atoms with Gasteiger partial charge in [0, 0.05) is 18.4 Å². The Morgan fingerprint density at radius 3 is 2.67 bits per heavy atom. The van der Waals surface area contributed by atoms with Gasteiger partial charge < -0.3 is 10.1 Å². The van der Waals surface area contributed by atoms with Gasteiger partial charge in [0.1, 0.15) is 17.2 Å². The van der Waals surface area contributed by atoms with Crippen LogP contribution in [-0.2, 0) is 11.2 Å². The molecule has 24 heavy (non-hydrogen) atoms. The van der Waals surface area contributed by atoms with Gasteiger partial charge in [0.25, 0.3) is 0 Å². The van der Waals surface area contributed by atoms with Gasteiger partial charge in [-0.15, -0.1) is 0 Å². The monoisotopic (exact) mass is 327 g/mol. The molecule has 1 aliphatic heterocycles. The number of carbonyl (C=O) groups is 1. The summed E-state index contributed by atoms with van der Waals surface area (Å²) in [5.74, 6) is 0.568. The van der Waals surface area contributed by atoms with E-state index in [9.17, 15) is 9.18 Å². The molecule has 2 aromatic carbocycles. The Bertz CT molecular complexity index is 725. The maximum atomic E-state index is 12.9. The molecule has 0 saturated carbocycles. The number of aryl methyl sites for hydroxylation is 1. The Hall–Kier alpha value is -2.36. The zero-order chi connectivity index (χ0) is 17.2. The molecule has 4 heteroatoms. The summed E-state index contributed by atoms with van der Waals surface area (Å²) in [6.07, 6.45) is 1.71. The quantitative estimate of drug-likeness (QED) is 0.915. The summed E-state index contributed by atoms with van der Waals surface area (Å²) in [4.78, 5) is 12.3. The summed E-state index contributed by atoms with van der Waals surface area (Å²) in [6, 6.07) is 14.1. The number of amides is 1. The Kier molecular flexibility index (Phi) is 4.56. The summed E-state index contributed by atoms with van der Waals surface area (Å²) in [6.45, 7) is 4.06. The largest absolute Gasteiger partial charge is 0.487 e. The number of para-hydroxylation sites is 1. The topological polar surface area (TPSA) is 38.3 Å². The Morgan fingerprint density at radius 1 is 1.21 bits per heavy atom. The minimum Gasteiger partial charge on any atom is -0.487 e. The van der Waals surface area contributed by atoms with Gasteiger partial charge in [-0.3, -0.25) is 4.79 Å². The number of carbonyl (C=O) groups excluding carboxylic acids is 1. The molecule has 1 N–H and O–H groups in total. The third-order valence-corrected chi connectivity index (χ3v) is 4.27. The lowest BCUT2D eigenvalue weighted by atomic mass is 9.89. The number of nitrogens with one attached hydrogen (secondary N) is 1. The van der Waals surface area contributed by atoms with E-state index in [1.807, 2.05) is 38.1 Å². The second-order valence-corrected chi connectivity index (χ2v) is 6.85. The molecule has 1 atom stereocenters. The molecule has 1 heterocycles. The normalized spacial score (nSPS) is 18.4. The molecule has 3 nitrogen and oxygen atoms in total. The highest BCUT2D eigenvalue weighted by atomic mass is 19.1. The van der Waals surface area contributed by atoms with Crippen LogP contribution in [0.4, 0.5) is 4.39 Å². The van der Waals surface area contributed by atoms with Crippen LogP contribution < -0.4 is 10.1 Å². The van der Waals surface area contributed by atoms with Gasteiger partial charge in [0.05, 0.1) is 6.04 Å². The van der Waals surface area contributed by atoms with Gasteiger partial charge in [-0.2, -0.15) is 0 Å². The molecule has 0 spiro atoms. The maximum Gasteiger partial charge on any atom is 0.220 e. The van der Waals surface area contributed by atoms with Crippen LogP contribution in [0.15, 0.2) is 48.5 Å². The third-order valence-electron chi connectivity index (χ3n) is 4.27. The van der Waals surface area contributed by atoms with Crippen LogP contribution in [-0.4, -0.2) is 11.5 Å². The molecule has 0 radical (unpaired) electrons. The van der Waals surface area contributed by atoms with Gasteiger partial charge in [0.15, 0.2) is 0 Å². The lowest BCUT2D eigenvalue weighted by Crippen LogP contribution is -2.41. The summed E-state index contributed by atoms with van der Waals surface area (Å²) in [5.41, 5.74) is 1.66. The highest BCUT2D eigenvalue weighted by Crippen LogP contribution is 2.39. The van der Waals surface area contributed by atoms with Crippen LogP contribution in [0.5, 0.6) is 5.75 Å². The maximum absolute atomic E-state index is 12.9. The third kappa shape index (κ3) is 3.94. The average molecular weight is 327 g/mol. The summed E-state index contributed by atoms with van der Waals surface area (Å²) < 4.78 is 18.9. The number of fused-ring (bicyclic) bond motifs is 1. The number of ether oxygens (including phenoxy) is 1. The first-order chi connectivity index (χ1) is 11.4. The van der Waals surface area contributed by atoms with Crippen LogP contribution in [0.3, 0.4) is 0 Å². The van der Waals surface area contributed by atoms with Crippen molar-refractivity contribution in [1.29, 1.82) is 0 Å². The first-order valence-corrected chi connectivity index (χ1v) is 8.25. The minimum atomic E-state index is -0.316. The molecule has 0 aromatic heterocycles. The molecular weight excluding hydrogens is 305 g/mol. The van der Waals surface area contributed by atoms with E-state index in [4.69, 9.17) is 4.74 Å². The summed E-state index contributed by atoms with van der Waals surface area (Å²) in [5, 5.41) is 3.12. The van der Waals surface area contributed by atoms with Crippen molar-refractivity contribution in [1.82, 2.24) is 5.32 Å². The van der Waals surface area contributed by atoms with Crippen molar-refractivity contribution in [2.45, 2.75) is 44.8 Å². The molecule has 0 saturated heterocycles. The van der Waals surface area contributed by atoms with Crippen molar-refractivity contribution < 1.29 is 13.9 Å². The van der Waals surface area contributed by atoms with Crippen molar-refractivity contribution in [3.8, 4) is 5.75 Å². The van der Waals surface area contributed by atoms with E-state index in [0.717, 1.165) is 23.3 Å². The molecular formula is C20H22FNO2. The van der Waals surface area contributed by atoms with E-state index < -0.39 is 0 Å². The summed E-state index contributed by atoms with van der Waals surface area (Å²) >= 11 is 0. The number of hydrogen-bond acceptors (Lipinski definition) is 2. The Balaban J connectivity index is 1.64. The zero-order valence-corrected chi connectivity index (χ0v) is 14.0. The van der Waals surface area contributed by atoms with E-state index in [-0.39, 0.29) is 23.4 Å². The predicted octanol–water partition coefficient (Wildman–Crippen LogP) is 4.18. The molecule has 3 rings (SSSR count). The standard InChI is InChI=1S/C20H22FNO2/c1-20(2)13-17(16-5-3-4-6-18(16)24-20)22-19(23)12-9-14-7-10-15(21)11-8-14/h3-8,10-11,17H,9,12-13H2,1-2H3,(H,22,23)/t17-/m1/s1. The van der Waals surface area contributed by atoms with Crippen LogP contribution in [0.1, 0.15) is 43.9 Å². The highest BCUT2D eigenvalue weighted by molar-refractivity contribution is 5.77. The molecule has 1 amide bonds. The first kappa shape index (κ1) is 16.5. The van der Waals surface area contributed by atoms with Crippen molar-refractivity contribution in [2.75, 3.05) is 0 Å². The van der Waals surface area contributed by atoms with Crippen molar-refractivity contribution in [3.63, 3.8) is 0 Å². The second-order valence-electron chi connectivity index (χ2n) is 6.85. The lowest BCUT2D eigenvalue weighted by Gasteiger charge is -2.37. The van der Waals surface area contributed by atoms with Crippen molar-refractivity contribution in [2.24, 2.45) is 0 Å². The fraction of sp³-hybridized carbons (Fsp3) is 0.350. The van der Waals surface area contributed by atoms with Crippen LogP contribution >= 0.6 is 0 Å². The minimum absolute atomic E-state index is 0.00294. The number of benzene rings is 2. The fourth-order valence-electron chi connectivity index (χ4n) is 3.11. The van der Waals surface area contributed by atoms with Gasteiger partial charge in [-0.25, -0.2) is 4.39 Å². The molecule has 2 aromatic rings. The van der Waals surface area contributed by atoms with Gasteiger partial charge in [-0.1, -0.05) is 30.3 Å². The molecule has 1 aliphatic rings. The Morgan fingerprint density at radius 2 is 1.92 bits per heavy atom. The van der Waals surface area contributed by atoms with E-state index in [2.05, 4.69) is 5.32 Å². The van der Waals surface area contributed by atoms with Crippen LogP contribution in [0, 0.1) is 5.82 Å².